The van der Waals surface area contributed by atoms with Crippen molar-refractivity contribution < 1.29 is 9.90 Å². The van der Waals surface area contributed by atoms with Crippen LogP contribution in [0.5, 0.6) is 0 Å². The fourth-order valence-corrected chi connectivity index (χ4v) is 2.72. The standard InChI is InChI=1S/C14H27NO2/c1-11(2)12-7-5-9-15(12)10-6-8-14(3,4)13(16)17/h11-12H,5-10H2,1-4H3,(H,16,17). The predicted octanol–water partition coefficient (Wildman–Crippen LogP) is 3.00. The van der Waals surface area contributed by atoms with Crippen LogP contribution in [0, 0.1) is 11.3 Å². The van der Waals surface area contributed by atoms with Crippen molar-refractivity contribution in [1.82, 2.24) is 4.90 Å². The molecule has 3 nitrogen and oxygen atoms in total. The van der Waals surface area contributed by atoms with E-state index in [1.54, 1.807) is 0 Å². The van der Waals surface area contributed by atoms with E-state index in [1.165, 1.54) is 19.4 Å². The van der Waals surface area contributed by atoms with Gasteiger partial charge in [0.05, 0.1) is 5.41 Å². The summed E-state index contributed by atoms with van der Waals surface area (Å²) in [4.78, 5) is 13.6. The second kappa shape index (κ2) is 5.85. The number of likely N-dealkylation sites (tertiary alicyclic amines) is 1. The van der Waals surface area contributed by atoms with E-state index >= 15 is 0 Å². The van der Waals surface area contributed by atoms with Crippen LogP contribution in [0.2, 0.25) is 0 Å². The number of nitrogens with zero attached hydrogens (tertiary/aromatic N) is 1. The molecule has 1 saturated heterocycles. The Hall–Kier alpha value is -0.570. The van der Waals surface area contributed by atoms with Crippen molar-refractivity contribution in [3.63, 3.8) is 0 Å². The van der Waals surface area contributed by atoms with E-state index in [4.69, 9.17) is 5.11 Å². The largest absolute Gasteiger partial charge is 0.481 e. The molecular weight excluding hydrogens is 214 g/mol. The van der Waals surface area contributed by atoms with E-state index in [2.05, 4.69) is 18.7 Å². The molecule has 0 aromatic rings. The van der Waals surface area contributed by atoms with Gasteiger partial charge >= 0.3 is 5.97 Å². The molecule has 0 aromatic carbocycles. The van der Waals surface area contributed by atoms with E-state index < -0.39 is 11.4 Å². The molecule has 1 rings (SSSR count). The van der Waals surface area contributed by atoms with Crippen molar-refractivity contribution >= 4 is 5.97 Å². The van der Waals surface area contributed by atoms with Crippen molar-refractivity contribution in [2.24, 2.45) is 11.3 Å². The molecule has 3 heteroatoms. The maximum atomic E-state index is 11.0. The Labute approximate surface area is 105 Å². The Bertz CT molecular complexity index is 261. The molecule has 1 fully saturated rings. The Morgan fingerprint density at radius 3 is 2.65 bits per heavy atom. The monoisotopic (exact) mass is 241 g/mol. The second-order valence-corrected chi connectivity index (χ2v) is 6.28. The molecule has 1 aliphatic rings. The number of carbonyl (C=O) groups is 1. The van der Waals surface area contributed by atoms with E-state index in [1.807, 2.05) is 13.8 Å². The molecule has 0 bridgehead atoms. The quantitative estimate of drug-likeness (QED) is 0.777. The zero-order chi connectivity index (χ0) is 13.1. The summed E-state index contributed by atoms with van der Waals surface area (Å²) in [6, 6.07) is 0.711. The average molecular weight is 241 g/mol. The van der Waals surface area contributed by atoms with Crippen molar-refractivity contribution in [3.05, 3.63) is 0 Å². The third kappa shape index (κ3) is 3.98. The minimum Gasteiger partial charge on any atom is -0.481 e. The molecule has 0 radical (unpaired) electrons. The van der Waals surface area contributed by atoms with E-state index in [0.29, 0.717) is 12.0 Å². The second-order valence-electron chi connectivity index (χ2n) is 6.28. The predicted molar refractivity (Wildman–Crippen MR) is 70.1 cm³/mol. The van der Waals surface area contributed by atoms with Crippen LogP contribution in [0.15, 0.2) is 0 Å². The molecule has 1 atom stereocenters. The van der Waals surface area contributed by atoms with Crippen molar-refractivity contribution in [2.45, 2.75) is 59.4 Å². The molecular formula is C14H27NO2. The molecule has 1 aliphatic heterocycles. The highest BCUT2D eigenvalue weighted by Gasteiger charge is 2.29. The maximum Gasteiger partial charge on any atom is 0.309 e. The van der Waals surface area contributed by atoms with Crippen molar-refractivity contribution in [3.8, 4) is 0 Å². The molecule has 1 heterocycles. The number of aliphatic carboxylic acids is 1. The number of hydrogen-bond acceptors (Lipinski definition) is 2. The summed E-state index contributed by atoms with van der Waals surface area (Å²) < 4.78 is 0. The van der Waals surface area contributed by atoms with Gasteiger partial charge in [-0.05, 0) is 58.5 Å². The summed E-state index contributed by atoms with van der Waals surface area (Å²) in [5, 5.41) is 9.06. The summed E-state index contributed by atoms with van der Waals surface area (Å²) in [6.45, 7) is 10.4. The van der Waals surface area contributed by atoms with E-state index in [0.717, 1.165) is 19.4 Å². The van der Waals surface area contributed by atoms with Gasteiger partial charge in [0, 0.05) is 6.04 Å². The summed E-state index contributed by atoms with van der Waals surface area (Å²) in [7, 11) is 0. The lowest BCUT2D eigenvalue weighted by molar-refractivity contribution is -0.147. The molecule has 1 N–H and O–H groups in total. The van der Waals surface area contributed by atoms with Gasteiger partial charge in [-0.15, -0.1) is 0 Å². The Morgan fingerprint density at radius 2 is 2.12 bits per heavy atom. The topological polar surface area (TPSA) is 40.5 Å². The molecule has 0 aromatic heterocycles. The van der Waals surface area contributed by atoms with Crippen molar-refractivity contribution in [1.29, 1.82) is 0 Å². The van der Waals surface area contributed by atoms with Gasteiger partial charge < -0.3 is 10.0 Å². The molecule has 0 amide bonds. The zero-order valence-corrected chi connectivity index (χ0v) is 11.7. The minimum absolute atomic E-state index is 0.576. The highest BCUT2D eigenvalue weighted by molar-refractivity contribution is 5.73. The summed E-state index contributed by atoms with van der Waals surface area (Å²) in [6.07, 6.45) is 4.36. The summed E-state index contributed by atoms with van der Waals surface area (Å²) in [5.74, 6) is 0.0318. The van der Waals surface area contributed by atoms with Crippen LogP contribution in [-0.4, -0.2) is 35.1 Å². The first-order valence-electron chi connectivity index (χ1n) is 6.82. The fraction of sp³-hybridized carbons (Fsp3) is 0.929. The van der Waals surface area contributed by atoms with Gasteiger partial charge in [0.25, 0.3) is 0 Å². The minimum atomic E-state index is -0.681. The molecule has 17 heavy (non-hydrogen) atoms. The van der Waals surface area contributed by atoms with Gasteiger partial charge in [-0.2, -0.15) is 0 Å². The van der Waals surface area contributed by atoms with E-state index in [-0.39, 0.29) is 0 Å². The van der Waals surface area contributed by atoms with Gasteiger partial charge in [0.15, 0.2) is 0 Å². The first-order valence-corrected chi connectivity index (χ1v) is 6.82. The van der Waals surface area contributed by atoms with Gasteiger partial charge in [0.2, 0.25) is 0 Å². The third-order valence-electron chi connectivity index (χ3n) is 4.01. The smallest absolute Gasteiger partial charge is 0.309 e. The third-order valence-corrected chi connectivity index (χ3v) is 4.01. The van der Waals surface area contributed by atoms with Crippen LogP contribution in [0.25, 0.3) is 0 Å². The molecule has 0 spiro atoms. The highest BCUT2D eigenvalue weighted by atomic mass is 16.4. The lowest BCUT2D eigenvalue weighted by Gasteiger charge is -2.28. The average Bonchev–Trinajstić information content (AvgIpc) is 2.65. The maximum absolute atomic E-state index is 11.0. The zero-order valence-electron chi connectivity index (χ0n) is 11.7. The summed E-state index contributed by atoms with van der Waals surface area (Å²) >= 11 is 0. The summed E-state index contributed by atoms with van der Waals surface area (Å²) in [5.41, 5.74) is -0.576. The van der Waals surface area contributed by atoms with Crippen LogP contribution < -0.4 is 0 Å². The lowest BCUT2D eigenvalue weighted by Crippen LogP contribution is -2.35. The normalized spacial score (nSPS) is 22.3. The molecule has 0 aliphatic carbocycles. The molecule has 1 unspecified atom stereocenters. The van der Waals surface area contributed by atoms with Crippen LogP contribution in [0.3, 0.4) is 0 Å². The van der Waals surface area contributed by atoms with Crippen LogP contribution >= 0.6 is 0 Å². The SMILES string of the molecule is CC(C)C1CCCN1CCCC(C)(C)C(=O)O. The highest BCUT2D eigenvalue weighted by Crippen LogP contribution is 2.26. The number of carboxylic acid groups (broad SMARTS) is 1. The first-order chi connectivity index (χ1) is 7.84. The van der Waals surface area contributed by atoms with Gasteiger partial charge in [-0.3, -0.25) is 4.79 Å². The van der Waals surface area contributed by atoms with Crippen molar-refractivity contribution in [2.75, 3.05) is 13.1 Å². The van der Waals surface area contributed by atoms with E-state index in [9.17, 15) is 4.79 Å². The fourth-order valence-electron chi connectivity index (χ4n) is 2.72. The Balaban J connectivity index is 2.34. The Kier molecular flexibility index (Phi) is 4.99. The first kappa shape index (κ1) is 14.5. The number of carboxylic acids is 1. The van der Waals surface area contributed by atoms with Crippen LogP contribution in [0.4, 0.5) is 0 Å². The molecule has 100 valence electrons. The van der Waals surface area contributed by atoms with Gasteiger partial charge in [0.1, 0.15) is 0 Å². The van der Waals surface area contributed by atoms with Crippen LogP contribution in [0.1, 0.15) is 53.4 Å². The van der Waals surface area contributed by atoms with Gasteiger partial charge in [-0.25, -0.2) is 0 Å². The number of rotatable bonds is 6. The Morgan fingerprint density at radius 1 is 1.47 bits per heavy atom. The van der Waals surface area contributed by atoms with Crippen LogP contribution in [-0.2, 0) is 4.79 Å². The number of hydrogen-bond donors (Lipinski definition) is 1. The lowest BCUT2D eigenvalue weighted by atomic mass is 9.88. The van der Waals surface area contributed by atoms with Gasteiger partial charge in [-0.1, -0.05) is 13.8 Å². The molecule has 0 saturated carbocycles.